The summed E-state index contributed by atoms with van der Waals surface area (Å²) in [5, 5.41) is 0. The molecule has 19 heavy (non-hydrogen) atoms. The number of nitrogens with zero attached hydrogens (tertiary/aromatic N) is 1. The second kappa shape index (κ2) is 6.66. The van der Waals surface area contributed by atoms with Crippen LogP contribution in [0.1, 0.15) is 24.8 Å². The van der Waals surface area contributed by atoms with Gasteiger partial charge in [0.1, 0.15) is 5.82 Å². The van der Waals surface area contributed by atoms with Gasteiger partial charge in [0.15, 0.2) is 0 Å². The summed E-state index contributed by atoms with van der Waals surface area (Å²) in [6, 6.07) is 6.90. The Morgan fingerprint density at radius 2 is 2.05 bits per heavy atom. The highest BCUT2D eigenvalue weighted by Gasteiger charge is 2.22. The van der Waals surface area contributed by atoms with Crippen molar-refractivity contribution in [2.45, 2.75) is 25.8 Å². The smallest absolute Gasteiger partial charge is 0.305 e. The third-order valence-electron chi connectivity index (χ3n) is 3.74. The lowest BCUT2D eigenvalue weighted by molar-refractivity contribution is -0.142. The third-order valence-corrected chi connectivity index (χ3v) is 3.74. The molecule has 0 saturated carbocycles. The fraction of sp³-hybridized carbons (Fsp3) is 0.533. The lowest BCUT2D eigenvalue weighted by Crippen LogP contribution is -2.34. The molecule has 1 fully saturated rings. The highest BCUT2D eigenvalue weighted by molar-refractivity contribution is 5.69. The first-order chi connectivity index (χ1) is 9.19. The highest BCUT2D eigenvalue weighted by Crippen LogP contribution is 2.22. The van der Waals surface area contributed by atoms with Crippen molar-refractivity contribution in [3.63, 3.8) is 0 Å². The Bertz CT molecular complexity index is 428. The number of rotatable bonds is 4. The van der Waals surface area contributed by atoms with Gasteiger partial charge >= 0.3 is 5.97 Å². The molecule has 1 aliphatic heterocycles. The first-order valence-corrected chi connectivity index (χ1v) is 6.71. The molecule has 0 spiro atoms. The van der Waals surface area contributed by atoms with Crippen LogP contribution in [-0.4, -0.2) is 31.1 Å². The van der Waals surface area contributed by atoms with Crippen LogP contribution in [0.25, 0.3) is 0 Å². The molecule has 0 radical (unpaired) electrons. The number of piperidine rings is 1. The minimum atomic E-state index is -0.140. The quantitative estimate of drug-likeness (QED) is 0.784. The summed E-state index contributed by atoms with van der Waals surface area (Å²) in [4.78, 5) is 13.5. The topological polar surface area (TPSA) is 29.5 Å². The molecule has 0 amide bonds. The van der Waals surface area contributed by atoms with E-state index in [1.807, 2.05) is 12.1 Å². The van der Waals surface area contributed by atoms with Crippen LogP contribution in [-0.2, 0) is 16.1 Å². The minimum absolute atomic E-state index is 0.132. The van der Waals surface area contributed by atoms with Crippen molar-refractivity contribution in [3.8, 4) is 0 Å². The monoisotopic (exact) mass is 265 g/mol. The molecule has 0 atom stereocenters. The van der Waals surface area contributed by atoms with Gasteiger partial charge < -0.3 is 4.74 Å². The number of halogens is 1. The Hall–Kier alpha value is -1.42. The molecule has 0 N–H and O–H groups in total. The maximum Gasteiger partial charge on any atom is 0.305 e. The summed E-state index contributed by atoms with van der Waals surface area (Å²) >= 11 is 0. The van der Waals surface area contributed by atoms with Crippen molar-refractivity contribution >= 4 is 5.97 Å². The largest absolute Gasteiger partial charge is 0.469 e. The standard InChI is InChI=1S/C15H20FNO2/c1-19-15(18)10-12-6-8-17(9-7-12)11-13-4-2-3-5-14(13)16/h2-5,12H,6-11H2,1H3. The van der Waals surface area contributed by atoms with E-state index in [0.29, 0.717) is 18.9 Å². The van der Waals surface area contributed by atoms with Gasteiger partial charge in [0.05, 0.1) is 7.11 Å². The normalized spacial score (nSPS) is 17.4. The van der Waals surface area contributed by atoms with E-state index in [1.165, 1.54) is 13.2 Å². The van der Waals surface area contributed by atoms with Gasteiger partial charge in [-0.25, -0.2) is 4.39 Å². The maximum absolute atomic E-state index is 13.6. The van der Waals surface area contributed by atoms with E-state index < -0.39 is 0 Å². The first kappa shape index (κ1) is 14.0. The van der Waals surface area contributed by atoms with E-state index in [-0.39, 0.29) is 11.8 Å². The van der Waals surface area contributed by atoms with E-state index in [1.54, 1.807) is 6.07 Å². The van der Waals surface area contributed by atoms with Crippen molar-refractivity contribution < 1.29 is 13.9 Å². The van der Waals surface area contributed by atoms with E-state index >= 15 is 0 Å². The van der Waals surface area contributed by atoms with Crippen LogP contribution in [0.15, 0.2) is 24.3 Å². The second-order valence-electron chi connectivity index (χ2n) is 5.09. The summed E-state index contributed by atoms with van der Waals surface area (Å²) in [6.07, 6.45) is 2.46. The molecule has 1 aromatic carbocycles. The second-order valence-corrected chi connectivity index (χ2v) is 5.09. The zero-order chi connectivity index (χ0) is 13.7. The maximum atomic E-state index is 13.6. The Labute approximate surface area is 113 Å². The first-order valence-electron chi connectivity index (χ1n) is 6.71. The van der Waals surface area contributed by atoms with Crippen LogP contribution >= 0.6 is 0 Å². The summed E-state index contributed by atoms with van der Waals surface area (Å²) in [5.41, 5.74) is 0.744. The number of hydrogen-bond acceptors (Lipinski definition) is 3. The van der Waals surface area contributed by atoms with Gasteiger partial charge in [-0.05, 0) is 37.9 Å². The van der Waals surface area contributed by atoms with Crippen molar-refractivity contribution in [1.29, 1.82) is 0 Å². The summed E-state index contributed by atoms with van der Waals surface area (Å²) < 4.78 is 18.2. The van der Waals surface area contributed by atoms with E-state index in [4.69, 9.17) is 0 Å². The van der Waals surface area contributed by atoms with Gasteiger partial charge in [-0.1, -0.05) is 18.2 Å². The highest BCUT2D eigenvalue weighted by atomic mass is 19.1. The Morgan fingerprint density at radius 1 is 1.37 bits per heavy atom. The number of methoxy groups -OCH3 is 1. The van der Waals surface area contributed by atoms with Crippen molar-refractivity contribution in [3.05, 3.63) is 35.6 Å². The van der Waals surface area contributed by atoms with Gasteiger partial charge in [0.2, 0.25) is 0 Å². The number of carbonyl (C=O) groups is 1. The number of esters is 1. The molecule has 1 aliphatic rings. The van der Waals surface area contributed by atoms with Gasteiger partial charge in [-0.15, -0.1) is 0 Å². The van der Waals surface area contributed by atoms with Gasteiger partial charge in [-0.3, -0.25) is 9.69 Å². The van der Waals surface area contributed by atoms with Crippen molar-refractivity contribution in [2.24, 2.45) is 5.92 Å². The molecular formula is C15H20FNO2. The van der Waals surface area contributed by atoms with E-state index in [9.17, 15) is 9.18 Å². The number of ether oxygens (including phenoxy) is 1. The SMILES string of the molecule is COC(=O)CC1CCN(Cc2ccccc2F)CC1. The van der Waals surface area contributed by atoms with E-state index in [2.05, 4.69) is 9.64 Å². The molecule has 1 heterocycles. The lowest BCUT2D eigenvalue weighted by Gasteiger charge is -2.31. The Balaban J connectivity index is 1.81. The predicted octanol–water partition coefficient (Wildman–Crippen LogP) is 2.60. The molecular weight excluding hydrogens is 245 g/mol. The zero-order valence-electron chi connectivity index (χ0n) is 11.3. The average molecular weight is 265 g/mol. The van der Waals surface area contributed by atoms with Crippen LogP contribution in [0.5, 0.6) is 0 Å². The number of hydrogen-bond donors (Lipinski definition) is 0. The van der Waals surface area contributed by atoms with E-state index in [0.717, 1.165) is 31.5 Å². The van der Waals surface area contributed by atoms with Crippen molar-refractivity contribution in [1.82, 2.24) is 4.90 Å². The molecule has 104 valence electrons. The molecule has 0 unspecified atom stereocenters. The molecule has 0 aliphatic carbocycles. The fourth-order valence-electron chi connectivity index (χ4n) is 2.54. The molecule has 0 bridgehead atoms. The third kappa shape index (κ3) is 4.03. The number of carbonyl (C=O) groups excluding carboxylic acids is 1. The fourth-order valence-corrected chi connectivity index (χ4v) is 2.54. The van der Waals surface area contributed by atoms with Crippen molar-refractivity contribution in [2.75, 3.05) is 20.2 Å². The lowest BCUT2D eigenvalue weighted by atomic mass is 9.93. The summed E-state index contributed by atoms with van der Waals surface area (Å²) in [7, 11) is 1.43. The van der Waals surface area contributed by atoms with Crippen LogP contribution in [0.2, 0.25) is 0 Å². The van der Waals surface area contributed by atoms with Gasteiger partial charge in [0, 0.05) is 18.5 Å². The number of benzene rings is 1. The Kier molecular flexibility index (Phi) is 4.91. The van der Waals surface area contributed by atoms with Crippen LogP contribution in [0.3, 0.4) is 0 Å². The Morgan fingerprint density at radius 3 is 2.68 bits per heavy atom. The molecule has 0 aromatic heterocycles. The molecule has 2 rings (SSSR count). The van der Waals surface area contributed by atoms with Crippen LogP contribution in [0.4, 0.5) is 4.39 Å². The summed E-state index contributed by atoms with van der Waals surface area (Å²) in [6.45, 7) is 2.48. The van der Waals surface area contributed by atoms with Crippen LogP contribution in [0, 0.1) is 11.7 Å². The summed E-state index contributed by atoms with van der Waals surface area (Å²) in [5.74, 6) is 0.135. The molecule has 1 saturated heterocycles. The van der Waals surface area contributed by atoms with Crippen LogP contribution < -0.4 is 0 Å². The van der Waals surface area contributed by atoms with Gasteiger partial charge in [-0.2, -0.15) is 0 Å². The predicted molar refractivity (Wildman–Crippen MR) is 71.0 cm³/mol. The average Bonchev–Trinajstić information content (AvgIpc) is 2.43. The minimum Gasteiger partial charge on any atom is -0.469 e. The zero-order valence-corrected chi connectivity index (χ0v) is 11.3. The number of likely N-dealkylation sites (tertiary alicyclic amines) is 1. The molecule has 3 nitrogen and oxygen atoms in total. The molecule has 1 aromatic rings. The molecule has 4 heteroatoms. The van der Waals surface area contributed by atoms with Gasteiger partial charge in [0.25, 0.3) is 0 Å².